The second kappa shape index (κ2) is 7.14. The van der Waals surface area contributed by atoms with Gasteiger partial charge in [0.25, 0.3) is 0 Å². The van der Waals surface area contributed by atoms with E-state index in [0.717, 1.165) is 32.5 Å². The number of fused-ring (bicyclic) bond motifs is 1. The van der Waals surface area contributed by atoms with Crippen LogP contribution in [0, 0.1) is 5.92 Å². The van der Waals surface area contributed by atoms with E-state index < -0.39 is 0 Å². The smallest absolute Gasteiger partial charge is 0.223 e. The molecule has 1 aliphatic heterocycles. The van der Waals surface area contributed by atoms with E-state index in [1.165, 1.54) is 16.3 Å². The van der Waals surface area contributed by atoms with Gasteiger partial charge in [-0.2, -0.15) is 0 Å². The SMILES string of the molecule is CC(C)NC(=O)C1CCN(Cc2cccc3ccccc23)CC1. The predicted molar refractivity (Wildman–Crippen MR) is 95.2 cm³/mol. The van der Waals surface area contributed by atoms with Crippen molar-refractivity contribution in [2.75, 3.05) is 13.1 Å². The van der Waals surface area contributed by atoms with Crippen LogP contribution in [0.15, 0.2) is 42.5 Å². The first-order chi connectivity index (χ1) is 11.1. The number of hydrogen-bond acceptors (Lipinski definition) is 2. The van der Waals surface area contributed by atoms with Crippen molar-refractivity contribution in [3.63, 3.8) is 0 Å². The van der Waals surface area contributed by atoms with Gasteiger partial charge in [0, 0.05) is 18.5 Å². The third kappa shape index (κ3) is 3.91. The largest absolute Gasteiger partial charge is 0.354 e. The Labute approximate surface area is 138 Å². The van der Waals surface area contributed by atoms with Crippen molar-refractivity contribution in [2.45, 2.75) is 39.3 Å². The molecule has 0 aromatic heterocycles. The lowest BCUT2D eigenvalue weighted by atomic mass is 9.95. The number of hydrogen-bond donors (Lipinski definition) is 1. The van der Waals surface area contributed by atoms with Crippen molar-refractivity contribution in [1.82, 2.24) is 10.2 Å². The Morgan fingerprint density at radius 1 is 1.13 bits per heavy atom. The van der Waals surface area contributed by atoms with Crippen LogP contribution in [0.1, 0.15) is 32.3 Å². The Morgan fingerprint density at radius 3 is 2.57 bits per heavy atom. The Hall–Kier alpha value is -1.87. The lowest BCUT2D eigenvalue weighted by molar-refractivity contribution is -0.127. The molecule has 23 heavy (non-hydrogen) atoms. The van der Waals surface area contributed by atoms with Gasteiger partial charge in [-0.1, -0.05) is 42.5 Å². The molecule has 1 aliphatic rings. The third-order valence-corrected chi connectivity index (χ3v) is 4.66. The number of nitrogens with one attached hydrogen (secondary N) is 1. The van der Waals surface area contributed by atoms with Gasteiger partial charge in [0.2, 0.25) is 5.91 Å². The van der Waals surface area contributed by atoms with Crippen LogP contribution in [-0.4, -0.2) is 29.9 Å². The van der Waals surface area contributed by atoms with Gasteiger partial charge >= 0.3 is 0 Å². The molecular weight excluding hydrogens is 284 g/mol. The second-order valence-electron chi connectivity index (χ2n) is 6.85. The van der Waals surface area contributed by atoms with E-state index in [1.807, 2.05) is 13.8 Å². The summed E-state index contributed by atoms with van der Waals surface area (Å²) in [7, 11) is 0. The zero-order valence-electron chi connectivity index (χ0n) is 14.1. The predicted octanol–water partition coefficient (Wildman–Crippen LogP) is 3.58. The molecule has 1 N–H and O–H groups in total. The molecule has 0 bridgehead atoms. The van der Waals surface area contributed by atoms with Crippen LogP contribution in [0.25, 0.3) is 10.8 Å². The van der Waals surface area contributed by atoms with Gasteiger partial charge in [-0.3, -0.25) is 9.69 Å². The summed E-state index contributed by atoms with van der Waals surface area (Å²) in [6.45, 7) is 7.01. The van der Waals surface area contributed by atoms with Crippen LogP contribution in [-0.2, 0) is 11.3 Å². The third-order valence-electron chi connectivity index (χ3n) is 4.66. The zero-order valence-corrected chi connectivity index (χ0v) is 14.1. The molecule has 0 radical (unpaired) electrons. The van der Waals surface area contributed by atoms with E-state index >= 15 is 0 Å². The topological polar surface area (TPSA) is 32.3 Å². The molecule has 2 aromatic carbocycles. The molecule has 0 atom stereocenters. The minimum atomic E-state index is 0.182. The first-order valence-electron chi connectivity index (χ1n) is 8.63. The van der Waals surface area contributed by atoms with Crippen molar-refractivity contribution in [3.05, 3.63) is 48.0 Å². The summed E-state index contributed by atoms with van der Waals surface area (Å²) in [6.07, 6.45) is 1.92. The highest BCUT2D eigenvalue weighted by Crippen LogP contribution is 2.23. The molecule has 0 aliphatic carbocycles. The van der Waals surface area contributed by atoms with Crippen LogP contribution in [0.3, 0.4) is 0 Å². The minimum Gasteiger partial charge on any atom is -0.354 e. The number of rotatable bonds is 4. The molecule has 2 aromatic rings. The summed E-state index contributed by atoms with van der Waals surface area (Å²) < 4.78 is 0. The van der Waals surface area contributed by atoms with E-state index in [-0.39, 0.29) is 17.9 Å². The number of amides is 1. The minimum absolute atomic E-state index is 0.182. The highest BCUT2D eigenvalue weighted by atomic mass is 16.1. The van der Waals surface area contributed by atoms with Gasteiger partial charge in [-0.25, -0.2) is 0 Å². The number of piperidine rings is 1. The molecule has 1 fully saturated rings. The number of carbonyl (C=O) groups is 1. The Balaban J connectivity index is 1.61. The maximum Gasteiger partial charge on any atom is 0.223 e. The Kier molecular flexibility index (Phi) is 4.97. The maximum atomic E-state index is 12.1. The van der Waals surface area contributed by atoms with E-state index in [1.54, 1.807) is 0 Å². The molecule has 0 unspecified atom stereocenters. The van der Waals surface area contributed by atoms with Crippen LogP contribution >= 0.6 is 0 Å². The molecule has 3 rings (SSSR count). The van der Waals surface area contributed by atoms with E-state index in [2.05, 4.69) is 52.7 Å². The summed E-state index contributed by atoms with van der Waals surface area (Å²) in [6, 6.07) is 15.3. The highest BCUT2D eigenvalue weighted by molar-refractivity contribution is 5.85. The Bertz CT molecular complexity index is 667. The molecule has 1 saturated heterocycles. The van der Waals surface area contributed by atoms with Gasteiger partial charge in [0.15, 0.2) is 0 Å². The van der Waals surface area contributed by atoms with Crippen molar-refractivity contribution in [3.8, 4) is 0 Å². The van der Waals surface area contributed by atoms with Crippen molar-refractivity contribution < 1.29 is 4.79 Å². The fraction of sp³-hybridized carbons (Fsp3) is 0.450. The standard InChI is InChI=1S/C20H26N2O/c1-15(2)21-20(23)17-10-12-22(13-11-17)14-18-8-5-7-16-6-3-4-9-19(16)18/h3-9,15,17H,10-14H2,1-2H3,(H,21,23). The van der Waals surface area contributed by atoms with Crippen LogP contribution in [0.5, 0.6) is 0 Å². The van der Waals surface area contributed by atoms with Crippen LogP contribution < -0.4 is 5.32 Å². The average molecular weight is 310 g/mol. The summed E-state index contributed by atoms with van der Waals surface area (Å²) in [5.41, 5.74) is 1.38. The highest BCUT2D eigenvalue weighted by Gasteiger charge is 2.25. The molecular formula is C20H26N2O. The first-order valence-corrected chi connectivity index (χ1v) is 8.63. The molecule has 3 nitrogen and oxygen atoms in total. The Morgan fingerprint density at radius 2 is 1.83 bits per heavy atom. The molecule has 1 heterocycles. The fourth-order valence-corrected chi connectivity index (χ4v) is 3.43. The lowest BCUT2D eigenvalue weighted by Crippen LogP contribution is -2.42. The summed E-state index contributed by atoms with van der Waals surface area (Å²) in [5, 5.41) is 5.69. The number of carbonyl (C=O) groups excluding carboxylic acids is 1. The van der Waals surface area contributed by atoms with Crippen LogP contribution in [0.4, 0.5) is 0 Å². The lowest BCUT2D eigenvalue weighted by Gasteiger charge is -2.32. The van der Waals surface area contributed by atoms with Gasteiger partial charge in [-0.05, 0) is 56.1 Å². The first kappa shape index (κ1) is 16.0. The second-order valence-corrected chi connectivity index (χ2v) is 6.85. The zero-order chi connectivity index (χ0) is 16.2. The summed E-state index contributed by atoms with van der Waals surface area (Å²) in [4.78, 5) is 14.6. The average Bonchev–Trinajstić information content (AvgIpc) is 2.55. The van der Waals surface area contributed by atoms with Gasteiger partial charge in [-0.15, -0.1) is 0 Å². The quantitative estimate of drug-likeness (QED) is 0.936. The van der Waals surface area contributed by atoms with E-state index in [0.29, 0.717) is 0 Å². The summed E-state index contributed by atoms with van der Waals surface area (Å²) >= 11 is 0. The number of nitrogens with zero attached hydrogens (tertiary/aromatic N) is 1. The van der Waals surface area contributed by atoms with Gasteiger partial charge in [0.05, 0.1) is 0 Å². The van der Waals surface area contributed by atoms with Crippen molar-refractivity contribution >= 4 is 16.7 Å². The number of benzene rings is 2. The number of likely N-dealkylation sites (tertiary alicyclic amines) is 1. The van der Waals surface area contributed by atoms with Gasteiger partial charge < -0.3 is 5.32 Å². The molecule has 3 heteroatoms. The molecule has 122 valence electrons. The monoisotopic (exact) mass is 310 g/mol. The molecule has 0 spiro atoms. The van der Waals surface area contributed by atoms with Crippen molar-refractivity contribution in [2.24, 2.45) is 5.92 Å². The summed E-state index contributed by atoms with van der Waals surface area (Å²) in [5.74, 6) is 0.408. The van der Waals surface area contributed by atoms with E-state index in [4.69, 9.17) is 0 Å². The molecule has 0 saturated carbocycles. The van der Waals surface area contributed by atoms with Crippen molar-refractivity contribution in [1.29, 1.82) is 0 Å². The normalized spacial score (nSPS) is 16.8. The van der Waals surface area contributed by atoms with E-state index in [9.17, 15) is 4.79 Å². The van der Waals surface area contributed by atoms with Gasteiger partial charge in [0.1, 0.15) is 0 Å². The fourth-order valence-electron chi connectivity index (χ4n) is 3.43. The maximum absolute atomic E-state index is 12.1. The van der Waals surface area contributed by atoms with Crippen LogP contribution in [0.2, 0.25) is 0 Å². The molecule has 1 amide bonds.